The molecule has 3 heterocycles. The van der Waals surface area contributed by atoms with Crippen molar-refractivity contribution in [3.05, 3.63) is 53.8 Å². The van der Waals surface area contributed by atoms with Crippen LogP contribution >= 0.6 is 11.3 Å². The van der Waals surface area contributed by atoms with Crippen LogP contribution in [-0.4, -0.2) is 14.9 Å². The van der Waals surface area contributed by atoms with Crippen molar-refractivity contribution in [2.45, 2.75) is 6.54 Å². The molecule has 3 aromatic rings. The maximum absolute atomic E-state index is 4.11. The molecule has 3 rings (SSSR count). The number of nitrogens with one attached hydrogen (secondary N) is 2. The smallest absolute Gasteiger partial charge is 0.0800 e. The van der Waals surface area contributed by atoms with Gasteiger partial charge in [0.2, 0.25) is 0 Å². The fourth-order valence-electron chi connectivity index (χ4n) is 1.70. The molecular weight excluding hydrogens is 232 g/mol. The molecule has 0 aromatic carbocycles. The molecule has 4 nitrogen and oxygen atoms in total. The van der Waals surface area contributed by atoms with E-state index in [0.29, 0.717) is 0 Å². The van der Waals surface area contributed by atoms with E-state index in [9.17, 15) is 0 Å². The van der Waals surface area contributed by atoms with Crippen LogP contribution < -0.4 is 5.43 Å². The van der Waals surface area contributed by atoms with Gasteiger partial charge in [-0.05, 0) is 23.6 Å². The molecule has 0 atom stereocenters. The van der Waals surface area contributed by atoms with E-state index in [0.717, 1.165) is 12.2 Å². The average molecular weight is 244 g/mol. The van der Waals surface area contributed by atoms with Gasteiger partial charge in [-0.3, -0.25) is 9.77 Å². The third-order valence-corrected chi connectivity index (χ3v) is 3.43. The van der Waals surface area contributed by atoms with E-state index in [1.807, 2.05) is 41.5 Å². The average Bonchev–Trinajstić information content (AvgIpc) is 3.09. The van der Waals surface area contributed by atoms with E-state index in [2.05, 4.69) is 27.1 Å². The number of rotatable bonds is 4. The van der Waals surface area contributed by atoms with Gasteiger partial charge in [-0.15, -0.1) is 11.3 Å². The lowest BCUT2D eigenvalue weighted by atomic mass is 10.2. The summed E-state index contributed by atoms with van der Waals surface area (Å²) < 4.78 is 1.94. The number of aromatic amines is 1. The van der Waals surface area contributed by atoms with Crippen LogP contribution in [-0.2, 0) is 6.54 Å². The molecule has 0 aliphatic carbocycles. The lowest BCUT2D eigenvalue weighted by molar-refractivity contribution is 0.848. The van der Waals surface area contributed by atoms with Crippen molar-refractivity contribution < 1.29 is 0 Å². The molecule has 0 aliphatic rings. The SMILES string of the molecule is c1csc(-c2[nH]ncc2CNn2cccc2)c1. The van der Waals surface area contributed by atoms with Crippen LogP contribution in [0.25, 0.3) is 10.6 Å². The van der Waals surface area contributed by atoms with Gasteiger partial charge in [-0.25, -0.2) is 0 Å². The van der Waals surface area contributed by atoms with Crippen molar-refractivity contribution in [2.24, 2.45) is 0 Å². The van der Waals surface area contributed by atoms with Crippen molar-refractivity contribution in [3.8, 4) is 10.6 Å². The minimum absolute atomic E-state index is 0.748. The topological polar surface area (TPSA) is 45.6 Å². The molecule has 0 spiro atoms. The van der Waals surface area contributed by atoms with Gasteiger partial charge in [-0.2, -0.15) is 5.10 Å². The Kier molecular flexibility index (Phi) is 2.67. The van der Waals surface area contributed by atoms with Crippen molar-refractivity contribution in [3.63, 3.8) is 0 Å². The first-order valence-corrected chi connectivity index (χ1v) is 6.24. The quantitative estimate of drug-likeness (QED) is 0.741. The molecule has 0 fully saturated rings. The van der Waals surface area contributed by atoms with E-state index in [-0.39, 0.29) is 0 Å². The second-order valence-electron chi connectivity index (χ2n) is 3.67. The van der Waals surface area contributed by atoms with Crippen LogP contribution in [0.1, 0.15) is 5.56 Å². The van der Waals surface area contributed by atoms with Gasteiger partial charge < -0.3 is 5.43 Å². The minimum atomic E-state index is 0.748. The normalized spacial score (nSPS) is 10.6. The van der Waals surface area contributed by atoms with Gasteiger partial charge in [0, 0.05) is 18.0 Å². The Bertz CT molecular complexity index is 565. The van der Waals surface area contributed by atoms with Gasteiger partial charge in [0.15, 0.2) is 0 Å². The van der Waals surface area contributed by atoms with Crippen molar-refractivity contribution in [1.82, 2.24) is 14.9 Å². The monoisotopic (exact) mass is 244 g/mol. The Morgan fingerprint density at radius 3 is 2.94 bits per heavy atom. The molecular formula is C12H12N4S. The third-order valence-electron chi connectivity index (χ3n) is 2.54. The standard InChI is InChI=1S/C12H12N4S/c1-2-6-16(5-1)14-9-10-8-13-15-12(10)11-4-3-7-17-11/h1-8,14H,9H2,(H,13,15). The highest BCUT2D eigenvalue weighted by Gasteiger charge is 2.07. The van der Waals surface area contributed by atoms with Crippen molar-refractivity contribution in [2.75, 3.05) is 5.43 Å². The van der Waals surface area contributed by atoms with Crippen molar-refractivity contribution in [1.29, 1.82) is 0 Å². The summed E-state index contributed by atoms with van der Waals surface area (Å²) in [5.41, 5.74) is 5.56. The van der Waals surface area contributed by atoms with Crippen LogP contribution in [0.3, 0.4) is 0 Å². The van der Waals surface area contributed by atoms with E-state index in [1.54, 1.807) is 11.3 Å². The highest BCUT2D eigenvalue weighted by Crippen LogP contribution is 2.25. The first kappa shape index (κ1) is 10.2. The summed E-state index contributed by atoms with van der Waals surface area (Å²) in [6, 6.07) is 8.12. The fourth-order valence-corrected chi connectivity index (χ4v) is 2.45. The number of H-pyrrole nitrogens is 1. The number of hydrogen-bond donors (Lipinski definition) is 2. The fraction of sp³-hybridized carbons (Fsp3) is 0.0833. The first-order valence-electron chi connectivity index (χ1n) is 5.36. The lowest BCUT2D eigenvalue weighted by Gasteiger charge is -2.06. The molecule has 0 unspecified atom stereocenters. The molecule has 86 valence electrons. The Labute approximate surface area is 103 Å². The molecule has 0 aliphatic heterocycles. The predicted molar refractivity (Wildman–Crippen MR) is 69.4 cm³/mol. The van der Waals surface area contributed by atoms with Crippen LogP contribution in [0.2, 0.25) is 0 Å². The summed E-state index contributed by atoms with van der Waals surface area (Å²) in [6.07, 6.45) is 5.82. The van der Waals surface area contributed by atoms with E-state index >= 15 is 0 Å². The lowest BCUT2D eigenvalue weighted by Crippen LogP contribution is -2.11. The summed E-state index contributed by atoms with van der Waals surface area (Å²) in [5, 5.41) is 9.23. The summed E-state index contributed by atoms with van der Waals surface area (Å²) in [5.74, 6) is 0. The second-order valence-corrected chi connectivity index (χ2v) is 4.62. The Balaban J connectivity index is 1.78. The second kappa shape index (κ2) is 4.47. The molecule has 3 aromatic heterocycles. The summed E-state index contributed by atoms with van der Waals surface area (Å²) in [6.45, 7) is 0.748. The summed E-state index contributed by atoms with van der Waals surface area (Å²) in [7, 11) is 0. The van der Waals surface area contributed by atoms with Gasteiger partial charge >= 0.3 is 0 Å². The van der Waals surface area contributed by atoms with Crippen LogP contribution in [0.5, 0.6) is 0 Å². The van der Waals surface area contributed by atoms with Gasteiger partial charge in [-0.1, -0.05) is 6.07 Å². The molecule has 17 heavy (non-hydrogen) atoms. The summed E-state index contributed by atoms with van der Waals surface area (Å²) >= 11 is 1.71. The van der Waals surface area contributed by atoms with Crippen LogP contribution in [0.4, 0.5) is 0 Å². The van der Waals surface area contributed by atoms with E-state index in [1.165, 1.54) is 10.4 Å². The van der Waals surface area contributed by atoms with Gasteiger partial charge in [0.25, 0.3) is 0 Å². The van der Waals surface area contributed by atoms with E-state index in [4.69, 9.17) is 0 Å². The third kappa shape index (κ3) is 2.09. The zero-order chi connectivity index (χ0) is 11.5. The zero-order valence-corrected chi connectivity index (χ0v) is 9.95. The highest BCUT2D eigenvalue weighted by atomic mass is 32.1. The molecule has 5 heteroatoms. The maximum atomic E-state index is 4.11. The van der Waals surface area contributed by atoms with Gasteiger partial charge in [0.05, 0.1) is 23.3 Å². The molecule has 0 bridgehead atoms. The molecule has 0 radical (unpaired) electrons. The molecule has 0 saturated heterocycles. The minimum Gasteiger partial charge on any atom is -0.322 e. The molecule has 0 saturated carbocycles. The zero-order valence-electron chi connectivity index (χ0n) is 9.13. The maximum Gasteiger partial charge on any atom is 0.0800 e. The van der Waals surface area contributed by atoms with Crippen LogP contribution in [0, 0.1) is 0 Å². The Morgan fingerprint density at radius 2 is 2.18 bits per heavy atom. The molecule has 0 amide bonds. The molecule has 2 N–H and O–H groups in total. The first-order chi connectivity index (χ1) is 8.43. The number of hydrogen-bond acceptors (Lipinski definition) is 3. The number of thiophene rings is 1. The Hall–Kier alpha value is -2.01. The number of aromatic nitrogens is 3. The van der Waals surface area contributed by atoms with E-state index < -0.39 is 0 Å². The van der Waals surface area contributed by atoms with Gasteiger partial charge in [0.1, 0.15) is 0 Å². The Morgan fingerprint density at radius 1 is 1.29 bits per heavy atom. The largest absolute Gasteiger partial charge is 0.322 e. The summed E-state index contributed by atoms with van der Waals surface area (Å²) in [4.78, 5) is 1.21. The predicted octanol–water partition coefficient (Wildman–Crippen LogP) is 2.68. The highest BCUT2D eigenvalue weighted by molar-refractivity contribution is 7.13. The van der Waals surface area contributed by atoms with Crippen molar-refractivity contribution >= 4 is 11.3 Å². The van der Waals surface area contributed by atoms with Crippen LogP contribution in [0.15, 0.2) is 48.2 Å². The number of nitrogens with zero attached hydrogens (tertiary/aromatic N) is 2.